The summed E-state index contributed by atoms with van der Waals surface area (Å²) in [7, 11) is 0. The van der Waals surface area contributed by atoms with E-state index in [1.54, 1.807) is 0 Å². The van der Waals surface area contributed by atoms with Gasteiger partial charge in [-0.05, 0) is 13.8 Å². The Kier molecular flexibility index (Phi) is 61.4. The smallest absolute Gasteiger partial charge is 0.550 e. The minimum Gasteiger partial charge on any atom is -0.550 e. The van der Waals surface area contributed by atoms with Crippen LogP contribution in [0.15, 0.2) is 0 Å². The zero-order chi connectivity index (χ0) is 7.15. The van der Waals surface area contributed by atoms with E-state index in [1.807, 2.05) is 0 Å². The number of hydrogen-bond donors (Lipinski definition) is 0. The summed E-state index contributed by atoms with van der Waals surface area (Å²) in [4.78, 5) is 17.8. The van der Waals surface area contributed by atoms with Crippen molar-refractivity contribution in [2.45, 2.75) is 13.8 Å². The Morgan fingerprint density at radius 3 is 0.818 bits per heavy atom. The first-order valence-electron chi connectivity index (χ1n) is 1.82. The first-order valence-corrected chi connectivity index (χ1v) is 1.82. The molecule has 0 saturated heterocycles. The van der Waals surface area contributed by atoms with Crippen molar-refractivity contribution in [1.29, 1.82) is 0 Å². The fourth-order valence-electron chi connectivity index (χ4n) is 0. The molecule has 0 spiro atoms. The van der Waals surface area contributed by atoms with Gasteiger partial charge in [0.1, 0.15) is 0 Å². The molecule has 0 aliphatic rings. The number of carboxylic acid groups (broad SMARTS) is 2. The average molecular weight is 294 g/mol. The Morgan fingerprint density at radius 2 is 0.818 bits per heavy atom. The van der Waals surface area contributed by atoms with Crippen LogP contribution in [0, 0.1) is 0 Å². The molecule has 0 atom stereocenters. The molecule has 0 bridgehead atoms. The molecular weight excluding hydrogens is 288 g/mol. The Bertz CT molecular complexity index is 75.3. The van der Waals surface area contributed by atoms with E-state index >= 15 is 0 Å². The molecule has 0 saturated carbocycles. The van der Waals surface area contributed by atoms with Gasteiger partial charge in [-0.15, -0.1) is 0 Å². The summed E-state index contributed by atoms with van der Waals surface area (Å²) in [6.45, 7) is 1.94. The number of hydrogen-bond acceptors (Lipinski definition) is 4. The largest absolute Gasteiger partial charge is 2.00 e. The normalized spacial score (nSPS) is 4.55. The Balaban J connectivity index is -0.0000000171. The third-order valence-corrected chi connectivity index (χ3v) is 0. The number of carboxylic acids is 2. The van der Waals surface area contributed by atoms with Crippen LogP contribution in [-0.2, 0) is 59.1 Å². The maximum Gasteiger partial charge on any atom is 2.00 e. The summed E-state index contributed by atoms with van der Waals surface area (Å²) in [6, 6.07) is 0. The monoisotopic (exact) mass is 292 g/mol. The number of carbonyl (C=O) groups excluding carboxylic acids is 2. The molecule has 0 aliphatic carbocycles. The van der Waals surface area contributed by atoms with Crippen LogP contribution < -0.4 is 10.2 Å². The van der Waals surface area contributed by atoms with Crippen LogP contribution in [0.4, 0.5) is 0 Å². The molecule has 72 valence electrons. The van der Waals surface area contributed by atoms with Gasteiger partial charge in [0.2, 0.25) is 0 Å². The van der Waals surface area contributed by atoms with Crippen molar-refractivity contribution >= 4 is 11.9 Å². The Labute approximate surface area is 94.9 Å². The van der Waals surface area contributed by atoms with Crippen LogP contribution in [0.2, 0.25) is 0 Å². The van der Waals surface area contributed by atoms with Crippen LogP contribution in [0.5, 0.6) is 0 Å². The molecule has 0 aromatic rings. The minimum absolute atomic E-state index is 0. The van der Waals surface area contributed by atoms with Crippen molar-refractivity contribution in [2.24, 2.45) is 0 Å². The van der Waals surface area contributed by atoms with Crippen LogP contribution in [0.1, 0.15) is 13.8 Å². The van der Waals surface area contributed by atoms with Crippen molar-refractivity contribution in [3.8, 4) is 0 Å². The zero-order valence-corrected chi connectivity index (χ0v) is 8.54. The van der Waals surface area contributed by atoms with Crippen molar-refractivity contribution in [2.75, 3.05) is 0 Å². The number of rotatable bonds is 0. The standard InChI is InChI=1S/2C2H4O2.3Ni/c2*1-2(3)4;;;/h2*1H3,(H,3,4);;;/q;;3*+2/p-2. The van der Waals surface area contributed by atoms with E-state index in [9.17, 15) is 0 Å². The fraction of sp³-hybridized carbons (Fsp3) is 0.500. The summed E-state index contributed by atoms with van der Waals surface area (Å²) in [5.74, 6) is -2.17. The molecule has 0 amide bonds. The van der Waals surface area contributed by atoms with Gasteiger partial charge in [-0.25, -0.2) is 0 Å². The maximum atomic E-state index is 8.89. The summed E-state index contributed by atoms with van der Waals surface area (Å²) in [5.41, 5.74) is 0. The third-order valence-electron chi connectivity index (χ3n) is 0. The molecule has 0 fully saturated rings. The second kappa shape index (κ2) is 22.4. The third kappa shape index (κ3) is 4180. The molecular formula is C4H6Ni3O4+4. The molecule has 0 unspecified atom stereocenters. The molecule has 0 aliphatic heterocycles. The van der Waals surface area contributed by atoms with Crippen molar-refractivity contribution in [3.63, 3.8) is 0 Å². The summed E-state index contributed by atoms with van der Waals surface area (Å²) >= 11 is 0. The van der Waals surface area contributed by atoms with E-state index in [4.69, 9.17) is 19.8 Å². The van der Waals surface area contributed by atoms with Gasteiger partial charge in [-0.2, -0.15) is 0 Å². The summed E-state index contributed by atoms with van der Waals surface area (Å²) in [5, 5.41) is 17.8. The molecule has 0 radical (unpaired) electrons. The van der Waals surface area contributed by atoms with Gasteiger partial charge in [0.25, 0.3) is 0 Å². The molecule has 4 nitrogen and oxygen atoms in total. The average Bonchev–Trinajstić information content (AvgIpc) is 1.25. The van der Waals surface area contributed by atoms with Crippen LogP contribution in [0.25, 0.3) is 0 Å². The Morgan fingerprint density at radius 1 is 0.818 bits per heavy atom. The fourth-order valence-corrected chi connectivity index (χ4v) is 0. The molecule has 0 rings (SSSR count). The maximum absolute atomic E-state index is 8.89. The second-order valence-electron chi connectivity index (χ2n) is 0.983. The molecule has 0 aromatic heterocycles. The van der Waals surface area contributed by atoms with Crippen LogP contribution >= 0.6 is 0 Å². The van der Waals surface area contributed by atoms with Gasteiger partial charge < -0.3 is 19.8 Å². The first-order chi connectivity index (χ1) is 3.46. The summed E-state index contributed by atoms with van der Waals surface area (Å²) in [6.07, 6.45) is 0. The number of carbonyl (C=O) groups is 2. The van der Waals surface area contributed by atoms with Gasteiger partial charge in [0, 0.05) is 11.9 Å². The van der Waals surface area contributed by atoms with Gasteiger partial charge in [0.15, 0.2) is 0 Å². The van der Waals surface area contributed by atoms with E-state index in [2.05, 4.69) is 0 Å². The SMILES string of the molecule is CC(=O)[O-].CC(=O)[O-].[Ni+2].[Ni+2].[Ni+2]. The minimum atomic E-state index is -1.08. The van der Waals surface area contributed by atoms with Crippen LogP contribution in [0.3, 0.4) is 0 Å². The van der Waals surface area contributed by atoms with E-state index < -0.39 is 11.9 Å². The van der Waals surface area contributed by atoms with Crippen molar-refractivity contribution in [1.82, 2.24) is 0 Å². The predicted octanol–water partition coefficient (Wildman–Crippen LogP) is -2.50. The molecule has 11 heavy (non-hydrogen) atoms. The van der Waals surface area contributed by atoms with Crippen LogP contribution in [-0.4, -0.2) is 11.9 Å². The summed E-state index contributed by atoms with van der Waals surface area (Å²) < 4.78 is 0. The molecule has 0 N–H and O–H groups in total. The quantitative estimate of drug-likeness (QED) is 0.463. The van der Waals surface area contributed by atoms with Gasteiger partial charge in [0.05, 0.1) is 0 Å². The van der Waals surface area contributed by atoms with Gasteiger partial charge >= 0.3 is 49.5 Å². The van der Waals surface area contributed by atoms with E-state index in [0.717, 1.165) is 13.8 Å². The van der Waals surface area contributed by atoms with E-state index in [-0.39, 0.29) is 49.5 Å². The van der Waals surface area contributed by atoms with Crippen molar-refractivity contribution < 1.29 is 69.3 Å². The first kappa shape index (κ1) is 30.1. The van der Waals surface area contributed by atoms with E-state index in [1.165, 1.54) is 0 Å². The Hall–Kier alpha value is 0.421. The molecule has 0 heterocycles. The predicted molar refractivity (Wildman–Crippen MR) is 21.4 cm³/mol. The van der Waals surface area contributed by atoms with Crippen molar-refractivity contribution in [3.05, 3.63) is 0 Å². The van der Waals surface area contributed by atoms with Gasteiger partial charge in [-0.3, -0.25) is 0 Å². The molecule has 0 aromatic carbocycles. The topological polar surface area (TPSA) is 80.3 Å². The number of aliphatic carboxylic acids is 2. The zero-order valence-electron chi connectivity index (χ0n) is 5.58. The second-order valence-corrected chi connectivity index (χ2v) is 0.983. The van der Waals surface area contributed by atoms with Gasteiger partial charge in [-0.1, -0.05) is 0 Å². The molecule has 7 heteroatoms. The van der Waals surface area contributed by atoms with E-state index in [0.29, 0.717) is 0 Å².